The molecule has 0 N–H and O–H groups in total. The molecule has 1 atom stereocenters. The molecule has 3 aromatic rings. The minimum atomic E-state index is -0.292. The number of carbonyl (C=O) groups is 1. The largest absolute Gasteiger partial charge is 0.487 e. The van der Waals surface area contributed by atoms with Crippen molar-refractivity contribution in [3.8, 4) is 5.75 Å². The van der Waals surface area contributed by atoms with Gasteiger partial charge in [-0.05, 0) is 54.1 Å². The van der Waals surface area contributed by atoms with Crippen LogP contribution < -0.4 is 9.64 Å². The molecule has 146 valence electrons. The van der Waals surface area contributed by atoms with Gasteiger partial charge >= 0.3 is 0 Å². The van der Waals surface area contributed by atoms with E-state index in [1.165, 1.54) is 23.5 Å². The van der Waals surface area contributed by atoms with Crippen LogP contribution in [0, 0.1) is 12.7 Å². The Kier molecular flexibility index (Phi) is 7.06. The van der Waals surface area contributed by atoms with Gasteiger partial charge in [-0.1, -0.05) is 19.1 Å². The van der Waals surface area contributed by atoms with Gasteiger partial charge < -0.3 is 4.74 Å². The molecule has 0 fully saturated rings. The van der Waals surface area contributed by atoms with Gasteiger partial charge in [0.15, 0.2) is 0 Å². The zero-order valence-electron chi connectivity index (χ0n) is 15.7. The maximum Gasteiger partial charge on any atom is 0.215 e. The van der Waals surface area contributed by atoms with Crippen molar-refractivity contribution in [1.82, 2.24) is 4.98 Å². The second kappa shape index (κ2) is 9.71. The van der Waals surface area contributed by atoms with Crippen molar-refractivity contribution in [2.24, 2.45) is 0 Å². The molecule has 0 spiro atoms. The second-order valence-electron chi connectivity index (χ2n) is 6.09. The van der Waals surface area contributed by atoms with Crippen LogP contribution in [-0.4, -0.2) is 17.1 Å². The van der Waals surface area contributed by atoms with Gasteiger partial charge in [-0.25, -0.2) is 9.37 Å². The number of hydrogen-bond donors (Lipinski definition) is 0. The van der Waals surface area contributed by atoms with E-state index in [9.17, 15) is 9.18 Å². The van der Waals surface area contributed by atoms with Crippen molar-refractivity contribution in [3.63, 3.8) is 0 Å². The van der Waals surface area contributed by atoms with E-state index in [0.717, 1.165) is 40.4 Å². The summed E-state index contributed by atoms with van der Waals surface area (Å²) in [4.78, 5) is 17.9. The monoisotopic (exact) mass is 416 g/mol. The van der Waals surface area contributed by atoms with Gasteiger partial charge in [-0.15, -0.1) is 23.1 Å². The summed E-state index contributed by atoms with van der Waals surface area (Å²) >= 11 is 3.15. The summed E-state index contributed by atoms with van der Waals surface area (Å²) in [7, 11) is 0. The minimum Gasteiger partial charge on any atom is -0.487 e. The van der Waals surface area contributed by atoms with E-state index in [2.05, 4.69) is 4.98 Å². The van der Waals surface area contributed by atoms with Crippen LogP contribution in [0.2, 0.25) is 0 Å². The molecule has 0 radical (unpaired) electrons. The number of aromatic nitrogens is 1. The number of anilines is 1. The van der Waals surface area contributed by atoms with Gasteiger partial charge in [0.2, 0.25) is 6.41 Å². The maximum atomic E-state index is 13.3. The molecular weight excluding hydrogens is 395 g/mol. The highest BCUT2D eigenvalue weighted by atomic mass is 32.2. The van der Waals surface area contributed by atoms with Crippen LogP contribution in [0.15, 0.2) is 53.4 Å². The average molecular weight is 417 g/mol. The Hall–Kier alpha value is -2.38. The molecule has 28 heavy (non-hydrogen) atoms. The lowest BCUT2D eigenvalue weighted by Crippen LogP contribution is -2.26. The van der Waals surface area contributed by atoms with Crippen LogP contribution in [-0.2, 0) is 11.4 Å². The summed E-state index contributed by atoms with van der Waals surface area (Å²) in [5.41, 5.74) is 5.26. The van der Waals surface area contributed by atoms with Crippen molar-refractivity contribution in [1.29, 1.82) is 0 Å². The number of benzene rings is 2. The number of thiazole rings is 1. The zero-order chi connectivity index (χ0) is 19.9. The molecule has 7 heteroatoms. The highest BCUT2D eigenvalue weighted by Crippen LogP contribution is 2.37. The third kappa shape index (κ3) is 4.91. The Morgan fingerprint density at radius 3 is 2.68 bits per heavy atom. The smallest absolute Gasteiger partial charge is 0.215 e. The topological polar surface area (TPSA) is 42.4 Å². The number of ether oxygens (including phenoxy) is 1. The average Bonchev–Trinajstić information content (AvgIpc) is 3.22. The highest BCUT2D eigenvalue weighted by molar-refractivity contribution is 7.99. The summed E-state index contributed by atoms with van der Waals surface area (Å²) in [5, 5.41) is 1.72. The van der Waals surface area contributed by atoms with E-state index in [4.69, 9.17) is 4.74 Å². The number of thioether (sulfide) groups is 1. The maximum absolute atomic E-state index is 13.3. The molecule has 0 aliphatic carbocycles. The summed E-state index contributed by atoms with van der Waals surface area (Å²) in [6, 6.07) is 11.9. The number of aryl methyl sites for hydroxylation is 1. The lowest BCUT2D eigenvalue weighted by Gasteiger charge is -2.29. The van der Waals surface area contributed by atoms with Crippen LogP contribution in [0.1, 0.15) is 29.1 Å². The Balaban J connectivity index is 1.83. The van der Waals surface area contributed by atoms with Crippen LogP contribution in [0.4, 0.5) is 10.1 Å². The summed E-state index contributed by atoms with van der Waals surface area (Å²) in [6.45, 7) is 4.38. The Bertz CT molecular complexity index is 901. The quantitative estimate of drug-likeness (QED) is 0.337. The van der Waals surface area contributed by atoms with Gasteiger partial charge in [0, 0.05) is 11.1 Å². The fourth-order valence-corrected chi connectivity index (χ4v) is 4.37. The van der Waals surface area contributed by atoms with E-state index in [1.807, 2.05) is 37.4 Å². The second-order valence-corrected chi connectivity index (χ2v) is 8.16. The first-order valence-electron chi connectivity index (χ1n) is 8.83. The molecule has 2 aromatic carbocycles. The molecule has 1 aromatic heterocycles. The predicted octanol–water partition coefficient (Wildman–Crippen LogP) is 5.58. The first-order chi connectivity index (χ1) is 13.6. The lowest BCUT2D eigenvalue weighted by molar-refractivity contribution is -0.107. The molecule has 1 amide bonds. The van der Waals surface area contributed by atoms with E-state index in [1.54, 1.807) is 34.3 Å². The molecule has 4 nitrogen and oxygen atoms in total. The number of rotatable bonds is 9. The third-order valence-corrected chi connectivity index (χ3v) is 5.95. The Labute approximate surface area is 172 Å². The Morgan fingerprint density at radius 1 is 1.29 bits per heavy atom. The molecule has 0 aliphatic rings. The molecule has 0 saturated carbocycles. The minimum absolute atomic E-state index is 0.233. The van der Waals surface area contributed by atoms with Gasteiger partial charge in [0.1, 0.15) is 23.5 Å². The van der Waals surface area contributed by atoms with Crippen molar-refractivity contribution in [2.45, 2.75) is 25.8 Å². The number of nitrogens with zero attached hydrogens (tertiary/aromatic N) is 2. The van der Waals surface area contributed by atoms with E-state index < -0.39 is 0 Å². The molecule has 1 unspecified atom stereocenters. The van der Waals surface area contributed by atoms with E-state index >= 15 is 0 Å². The van der Waals surface area contributed by atoms with Crippen molar-refractivity contribution in [3.05, 3.63) is 76.0 Å². The van der Waals surface area contributed by atoms with Crippen molar-refractivity contribution < 1.29 is 13.9 Å². The van der Waals surface area contributed by atoms with Gasteiger partial charge in [0.25, 0.3) is 0 Å². The van der Waals surface area contributed by atoms with E-state index in [0.29, 0.717) is 6.61 Å². The molecule has 0 bridgehead atoms. The highest BCUT2D eigenvalue weighted by Gasteiger charge is 2.22. The summed E-state index contributed by atoms with van der Waals surface area (Å²) in [6.07, 6.45) is 0.828. The summed E-state index contributed by atoms with van der Waals surface area (Å²) < 4.78 is 19.1. The van der Waals surface area contributed by atoms with Crippen LogP contribution in [0.25, 0.3) is 0 Å². The number of hydrogen-bond acceptors (Lipinski definition) is 5. The standard InChI is InChI=1S/C21H21FN2O2S2/c1-3-28-21(16-4-6-17(22)7-5-16)24(14-25)20-9-8-19(10-15(20)2)26-11-18-12-27-13-23-18/h4-10,12-14,21H,3,11H2,1-2H3. The molecule has 1 heterocycles. The van der Waals surface area contributed by atoms with Crippen LogP contribution in [0.5, 0.6) is 5.75 Å². The van der Waals surface area contributed by atoms with Crippen molar-refractivity contribution in [2.75, 3.05) is 10.7 Å². The normalized spacial score (nSPS) is 11.8. The first kappa shape index (κ1) is 20.4. The zero-order valence-corrected chi connectivity index (χ0v) is 17.3. The third-order valence-electron chi connectivity index (χ3n) is 4.16. The van der Waals surface area contributed by atoms with Crippen molar-refractivity contribution >= 4 is 35.2 Å². The van der Waals surface area contributed by atoms with Gasteiger partial charge in [-0.3, -0.25) is 9.69 Å². The summed E-state index contributed by atoms with van der Waals surface area (Å²) in [5.74, 6) is 1.25. The van der Waals surface area contributed by atoms with Gasteiger partial charge in [-0.2, -0.15) is 0 Å². The molecule has 0 aliphatic heterocycles. The Morgan fingerprint density at radius 2 is 2.07 bits per heavy atom. The van der Waals surface area contributed by atoms with Gasteiger partial charge in [0.05, 0.1) is 11.2 Å². The molecular formula is C21H21FN2O2S2. The van der Waals surface area contributed by atoms with E-state index in [-0.39, 0.29) is 11.2 Å². The predicted molar refractivity (Wildman–Crippen MR) is 113 cm³/mol. The number of halogens is 1. The fourth-order valence-electron chi connectivity index (χ4n) is 2.83. The molecule has 3 rings (SSSR count). The first-order valence-corrected chi connectivity index (χ1v) is 10.8. The molecule has 0 saturated heterocycles. The SMILES string of the molecule is CCSC(c1ccc(F)cc1)N(C=O)c1ccc(OCc2cscn2)cc1C. The van der Waals surface area contributed by atoms with Crippen LogP contribution >= 0.6 is 23.1 Å². The van der Waals surface area contributed by atoms with Crippen LogP contribution in [0.3, 0.4) is 0 Å². The number of carbonyl (C=O) groups excluding carboxylic acids is 1. The number of amides is 1. The lowest BCUT2D eigenvalue weighted by atomic mass is 10.1. The fraction of sp³-hybridized carbons (Fsp3) is 0.238.